The number of furan rings is 1. The van der Waals surface area contributed by atoms with Crippen LogP contribution in [0.2, 0.25) is 0 Å². The van der Waals surface area contributed by atoms with Crippen LogP contribution in [-0.4, -0.2) is 31.6 Å². The van der Waals surface area contributed by atoms with Crippen LogP contribution >= 0.6 is 0 Å². The highest BCUT2D eigenvalue weighted by molar-refractivity contribution is 5.20. The molecule has 1 aliphatic heterocycles. The Morgan fingerprint density at radius 1 is 1.33 bits per heavy atom. The van der Waals surface area contributed by atoms with Gasteiger partial charge >= 0.3 is 0 Å². The summed E-state index contributed by atoms with van der Waals surface area (Å²) in [4.78, 5) is 2.64. The lowest BCUT2D eigenvalue weighted by molar-refractivity contribution is 0.0754. The zero-order valence-corrected chi connectivity index (χ0v) is 13.8. The van der Waals surface area contributed by atoms with E-state index < -0.39 is 0 Å². The molecule has 4 atom stereocenters. The minimum Gasteiger partial charge on any atom is -0.464 e. The molecule has 3 rings (SSSR count). The van der Waals surface area contributed by atoms with E-state index in [9.17, 15) is 0 Å². The number of hydrogen-bond donors (Lipinski definition) is 1. The summed E-state index contributed by atoms with van der Waals surface area (Å²) in [5.41, 5.74) is 0. The summed E-state index contributed by atoms with van der Waals surface area (Å²) < 4.78 is 6.30. The van der Waals surface area contributed by atoms with E-state index in [0.29, 0.717) is 17.9 Å². The second kappa shape index (κ2) is 6.53. The molecule has 2 heterocycles. The SMILES string of the molecule is CCCN1CCCC(CNC)C1c1ccc(C2CC2C)o1. The van der Waals surface area contributed by atoms with E-state index in [0.717, 1.165) is 12.5 Å². The normalized spacial score (nSPS) is 33.3. The number of nitrogens with one attached hydrogen (secondary N) is 1. The summed E-state index contributed by atoms with van der Waals surface area (Å²) in [7, 11) is 2.06. The van der Waals surface area contributed by atoms with E-state index in [1.165, 1.54) is 50.3 Å². The number of nitrogens with zero attached hydrogens (tertiary/aromatic N) is 1. The van der Waals surface area contributed by atoms with Crippen molar-refractivity contribution in [2.45, 2.75) is 51.5 Å². The van der Waals surface area contributed by atoms with Gasteiger partial charge < -0.3 is 9.73 Å². The maximum Gasteiger partial charge on any atom is 0.121 e. The molecular formula is C18H30N2O. The van der Waals surface area contributed by atoms with Crippen molar-refractivity contribution in [1.29, 1.82) is 0 Å². The van der Waals surface area contributed by atoms with Crippen molar-refractivity contribution in [2.24, 2.45) is 11.8 Å². The van der Waals surface area contributed by atoms with Gasteiger partial charge in [-0.1, -0.05) is 13.8 Å². The lowest BCUT2D eigenvalue weighted by atomic mass is 9.87. The summed E-state index contributed by atoms with van der Waals surface area (Å²) in [6.07, 6.45) is 5.14. The first-order valence-electron chi connectivity index (χ1n) is 8.72. The van der Waals surface area contributed by atoms with Crippen LogP contribution in [0.25, 0.3) is 0 Å². The molecule has 0 radical (unpaired) electrons. The van der Waals surface area contributed by atoms with Crippen molar-refractivity contribution in [3.63, 3.8) is 0 Å². The Morgan fingerprint density at radius 3 is 2.76 bits per heavy atom. The van der Waals surface area contributed by atoms with Crippen LogP contribution in [0, 0.1) is 11.8 Å². The standard InChI is InChI=1S/C18H30N2O/c1-4-9-20-10-5-6-14(12-19-3)18(20)17-8-7-16(21-17)15-11-13(15)2/h7-8,13-15,18-19H,4-6,9-12H2,1-3H3. The third kappa shape index (κ3) is 3.19. The highest BCUT2D eigenvalue weighted by Crippen LogP contribution is 2.48. The van der Waals surface area contributed by atoms with Gasteiger partial charge in [-0.2, -0.15) is 0 Å². The van der Waals surface area contributed by atoms with Crippen molar-refractivity contribution in [1.82, 2.24) is 10.2 Å². The Balaban J connectivity index is 1.80. The van der Waals surface area contributed by atoms with Gasteiger partial charge in [-0.15, -0.1) is 0 Å². The molecule has 3 nitrogen and oxygen atoms in total. The molecule has 2 fully saturated rings. The highest BCUT2D eigenvalue weighted by atomic mass is 16.3. The van der Waals surface area contributed by atoms with Crippen LogP contribution in [0.5, 0.6) is 0 Å². The molecule has 1 N–H and O–H groups in total. The molecule has 4 unspecified atom stereocenters. The van der Waals surface area contributed by atoms with Crippen LogP contribution in [0.4, 0.5) is 0 Å². The zero-order chi connectivity index (χ0) is 14.8. The highest BCUT2D eigenvalue weighted by Gasteiger charge is 2.39. The van der Waals surface area contributed by atoms with Gasteiger partial charge in [0.15, 0.2) is 0 Å². The van der Waals surface area contributed by atoms with Crippen molar-refractivity contribution >= 4 is 0 Å². The lowest BCUT2D eigenvalue weighted by Crippen LogP contribution is -2.42. The van der Waals surface area contributed by atoms with Crippen LogP contribution in [0.3, 0.4) is 0 Å². The molecular weight excluding hydrogens is 260 g/mol. The molecule has 2 aliphatic rings. The third-order valence-electron chi connectivity index (χ3n) is 5.25. The van der Waals surface area contributed by atoms with Crippen LogP contribution in [0.15, 0.2) is 16.5 Å². The van der Waals surface area contributed by atoms with Gasteiger partial charge in [0.1, 0.15) is 11.5 Å². The van der Waals surface area contributed by atoms with Crippen molar-refractivity contribution in [3.8, 4) is 0 Å². The maximum atomic E-state index is 6.30. The van der Waals surface area contributed by atoms with E-state index in [2.05, 4.69) is 43.2 Å². The van der Waals surface area contributed by atoms with E-state index in [4.69, 9.17) is 4.42 Å². The molecule has 0 amide bonds. The molecule has 3 heteroatoms. The second-order valence-electron chi connectivity index (χ2n) is 7.00. The minimum atomic E-state index is 0.467. The Hall–Kier alpha value is -0.800. The quantitative estimate of drug-likeness (QED) is 0.864. The van der Waals surface area contributed by atoms with E-state index in [1.54, 1.807) is 0 Å². The van der Waals surface area contributed by atoms with Crippen LogP contribution in [0.1, 0.15) is 63.0 Å². The van der Waals surface area contributed by atoms with Crippen molar-refractivity contribution < 1.29 is 4.42 Å². The average molecular weight is 290 g/mol. The van der Waals surface area contributed by atoms with Crippen LogP contribution < -0.4 is 5.32 Å². The molecule has 1 aliphatic carbocycles. The van der Waals surface area contributed by atoms with Gasteiger partial charge in [0.2, 0.25) is 0 Å². The summed E-state index contributed by atoms with van der Waals surface area (Å²) in [6, 6.07) is 4.95. The number of likely N-dealkylation sites (tertiary alicyclic amines) is 1. The minimum absolute atomic E-state index is 0.467. The van der Waals surface area contributed by atoms with Crippen molar-refractivity contribution in [2.75, 3.05) is 26.7 Å². The average Bonchev–Trinajstić information content (AvgIpc) is 3.01. The second-order valence-corrected chi connectivity index (χ2v) is 7.00. The van der Waals surface area contributed by atoms with E-state index in [-0.39, 0.29) is 0 Å². The first-order valence-corrected chi connectivity index (χ1v) is 8.72. The molecule has 1 saturated carbocycles. The summed E-state index contributed by atoms with van der Waals surface area (Å²) >= 11 is 0. The lowest BCUT2D eigenvalue weighted by Gasteiger charge is -2.40. The first kappa shape index (κ1) is 15.1. The number of rotatable bonds is 6. The molecule has 118 valence electrons. The van der Waals surface area contributed by atoms with Gasteiger partial charge in [0.05, 0.1) is 6.04 Å². The maximum absolute atomic E-state index is 6.30. The molecule has 0 aromatic carbocycles. The number of piperidine rings is 1. The Kier molecular flexibility index (Phi) is 4.70. The predicted octanol–water partition coefficient (Wildman–Crippen LogP) is 3.79. The molecule has 0 spiro atoms. The molecule has 1 aromatic rings. The fourth-order valence-corrected chi connectivity index (χ4v) is 4.02. The Bertz CT molecular complexity index is 438. The first-order chi connectivity index (χ1) is 10.2. The fourth-order valence-electron chi connectivity index (χ4n) is 4.02. The summed E-state index contributed by atoms with van der Waals surface area (Å²) in [5, 5.41) is 3.38. The van der Waals surface area contributed by atoms with Gasteiger partial charge in [-0.05, 0) is 76.3 Å². The fraction of sp³-hybridized carbons (Fsp3) is 0.778. The van der Waals surface area contributed by atoms with Crippen molar-refractivity contribution in [3.05, 3.63) is 23.7 Å². The third-order valence-corrected chi connectivity index (χ3v) is 5.25. The topological polar surface area (TPSA) is 28.4 Å². The Labute approximate surface area is 129 Å². The monoisotopic (exact) mass is 290 g/mol. The summed E-state index contributed by atoms with van der Waals surface area (Å²) in [5.74, 6) is 4.60. The molecule has 1 aromatic heterocycles. The van der Waals surface area contributed by atoms with E-state index in [1.807, 2.05) is 0 Å². The molecule has 0 bridgehead atoms. The van der Waals surface area contributed by atoms with Gasteiger partial charge in [-0.25, -0.2) is 0 Å². The zero-order valence-electron chi connectivity index (χ0n) is 13.8. The predicted molar refractivity (Wildman–Crippen MR) is 86.5 cm³/mol. The Morgan fingerprint density at radius 2 is 2.10 bits per heavy atom. The largest absolute Gasteiger partial charge is 0.464 e. The number of hydrogen-bond acceptors (Lipinski definition) is 3. The molecule has 21 heavy (non-hydrogen) atoms. The van der Waals surface area contributed by atoms with Gasteiger partial charge in [0.25, 0.3) is 0 Å². The van der Waals surface area contributed by atoms with E-state index >= 15 is 0 Å². The van der Waals surface area contributed by atoms with Gasteiger partial charge in [-0.3, -0.25) is 4.90 Å². The molecule has 1 saturated heterocycles. The van der Waals surface area contributed by atoms with Gasteiger partial charge in [0, 0.05) is 5.92 Å². The smallest absolute Gasteiger partial charge is 0.121 e. The summed E-state index contributed by atoms with van der Waals surface area (Å²) in [6.45, 7) is 8.08. The van der Waals surface area contributed by atoms with Crippen LogP contribution in [-0.2, 0) is 0 Å².